The van der Waals surface area contributed by atoms with Crippen LogP contribution in [-0.4, -0.2) is 24.3 Å². The van der Waals surface area contributed by atoms with E-state index in [-0.39, 0.29) is 27.9 Å². The van der Waals surface area contributed by atoms with Crippen molar-refractivity contribution in [1.29, 1.82) is 0 Å². The van der Waals surface area contributed by atoms with Crippen molar-refractivity contribution < 1.29 is 13.2 Å². The van der Waals surface area contributed by atoms with Gasteiger partial charge in [0.05, 0.1) is 27.7 Å². The van der Waals surface area contributed by atoms with Gasteiger partial charge in [-0.2, -0.15) is 0 Å². The number of anilines is 2. The quantitative estimate of drug-likeness (QED) is 0.391. The Bertz CT molecular complexity index is 1360. The molecule has 2 N–H and O–H groups in total. The molecule has 0 aliphatic rings. The van der Waals surface area contributed by atoms with E-state index in [2.05, 4.69) is 20.0 Å². The van der Waals surface area contributed by atoms with Crippen molar-refractivity contribution in [3.63, 3.8) is 0 Å². The number of nitrogens with zero attached hydrogens (tertiary/aromatic N) is 2. The number of amides is 1. The predicted molar refractivity (Wildman–Crippen MR) is 126 cm³/mol. The molecular weight excluding hydrogens is 468 g/mol. The van der Waals surface area contributed by atoms with Gasteiger partial charge in [-0.25, -0.2) is 13.4 Å². The smallest absolute Gasteiger partial charge is 0.262 e. The Labute approximate surface area is 194 Å². The molecule has 0 aliphatic carbocycles. The lowest BCUT2D eigenvalue weighted by molar-refractivity contribution is -0.115. The summed E-state index contributed by atoms with van der Waals surface area (Å²) >= 11 is 7.47. The van der Waals surface area contributed by atoms with Crippen molar-refractivity contribution in [2.24, 2.45) is 0 Å². The molecule has 0 fully saturated rings. The van der Waals surface area contributed by atoms with Crippen molar-refractivity contribution in [2.45, 2.75) is 11.3 Å². The van der Waals surface area contributed by atoms with Crippen molar-refractivity contribution in [2.75, 3.05) is 10.0 Å². The standard InChI is InChI=1S/C22H17ClN4O3S2/c23-19-8-1-2-9-20(19)27-32(29,30)18-7-3-6-16(11-18)25-21(28)12-17-14-31-22(26-17)15-5-4-10-24-13-15/h1-11,13-14,27H,12H2,(H,25,28). The molecule has 0 bridgehead atoms. The number of aromatic nitrogens is 2. The second-order valence-corrected chi connectivity index (χ2v) is 9.67. The molecule has 1 amide bonds. The number of nitrogens with one attached hydrogen (secondary N) is 2. The molecule has 2 heterocycles. The van der Waals surface area contributed by atoms with E-state index in [1.165, 1.54) is 23.5 Å². The number of halogens is 1. The number of pyridine rings is 1. The lowest BCUT2D eigenvalue weighted by Gasteiger charge is -2.11. The largest absolute Gasteiger partial charge is 0.326 e. The maximum atomic E-state index is 12.7. The number of carbonyl (C=O) groups excluding carboxylic acids is 1. The zero-order chi connectivity index (χ0) is 22.6. The van der Waals surface area contributed by atoms with Gasteiger partial charge in [0.15, 0.2) is 0 Å². The van der Waals surface area contributed by atoms with Gasteiger partial charge in [0.1, 0.15) is 5.01 Å². The molecule has 4 aromatic rings. The number of rotatable bonds is 7. The molecule has 0 saturated carbocycles. The third-order valence-electron chi connectivity index (χ3n) is 4.35. The number of thiazole rings is 1. The van der Waals surface area contributed by atoms with Gasteiger partial charge in [0.2, 0.25) is 5.91 Å². The first kappa shape index (κ1) is 21.9. The Morgan fingerprint density at radius 1 is 1.06 bits per heavy atom. The summed E-state index contributed by atoms with van der Waals surface area (Å²) in [6.07, 6.45) is 3.46. The molecule has 0 atom stereocenters. The lowest BCUT2D eigenvalue weighted by atomic mass is 10.2. The first-order chi connectivity index (χ1) is 15.4. The number of carbonyl (C=O) groups is 1. The summed E-state index contributed by atoms with van der Waals surface area (Å²) in [5.41, 5.74) is 2.14. The van der Waals surface area contributed by atoms with Crippen LogP contribution in [0.2, 0.25) is 5.02 Å². The molecule has 10 heteroatoms. The van der Waals surface area contributed by atoms with Gasteiger partial charge in [-0.1, -0.05) is 29.8 Å². The van der Waals surface area contributed by atoms with E-state index >= 15 is 0 Å². The van der Waals surface area contributed by atoms with Crippen LogP contribution in [-0.2, 0) is 21.2 Å². The van der Waals surface area contributed by atoms with Crippen molar-refractivity contribution in [3.05, 3.63) is 89.2 Å². The van der Waals surface area contributed by atoms with Crippen LogP contribution >= 0.6 is 22.9 Å². The average Bonchev–Trinajstić information content (AvgIpc) is 3.24. The topological polar surface area (TPSA) is 101 Å². The fourth-order valence-corrected chi connectivity index (χ4v) is 5.04. The normalized spacial score (nSPS) is 11.2. The summed E-state index contributed by atoms with van der Waals surface area (Å²) in [5, 5.41) is 5.60. The SMILES string of the molecule is O=C(Cc1csc(-c2cccnc2)n1)Nc1cccc(S(=O)(=O)Nc2ccccc2Cl)c1. The van der Waals surface area contributed by atoms with E-state index in [0.717, 1.165) is 10.6 Å². The Balaban J connectivity index is 1.44. The van der Waals surface area contributed by atoms with Crippen molar-refractivity contribution in [3.8, 4) is 10.6 Å². The van der Waals surface area contributed by atoms with E-state index in [4.69, 9.17) is 11.6 Å². The molecule has 0 aliphatic heterocycles. The summed E-state index contributed by atoms with van der Waals surface area (Å²) in [6.45, 7) is 0. The summed E-state index contributed by atoms with van der Waals surface area (Å²) in [6, 6.07) is 16.3. The van der Waals surface area contributed by atoms with Crippen molar-refractivity contribution >= 4 is 50.2 Å². The fourth-order valence-electron chi connectivity index (χ4n) is 2.87. The highest BCUT2D eigenvalue weighted by atomic mass is 35.5. The number of hydrogen-bond donors (Lipinski definition) is 2. The van der Waals surface area contributed by atoms with Crippen LogP contribution in [0.25, 0.3) is 10.6 Å². The first-order valence-electron chi connectivity index (χ1n) is 9.43. The van der Waals surface area contributed by atoms with Crippen LogP contribution in [0.5, 0.6) is 0 Å². The zero-order valence-corrected chi connectivity index (χ0v) is 18.9. The minimum Gasteiger partial charge on any atom is -0.326 e. The van der Waals surface area contributed by atoms with Crippen molar-refractivity contribution in [1.82, 2.24) is 9.97 Å². The maximum absolute atomic E-state index is 12.7. The van der Waals surface area contributed by atoms with E-state index in [9.17, 15) is 13.2 Å². The summed E-state index contributed by atoms with van der Waals surface area (Å²) < 4.78 is 27.9. The minimum absolute atomic E-state index is 0.00254. The summed E-state index contributed by atoms with van der Waals surface area (Å²) in [4.78, 5) is 21.0. The molecule has 162 valence electrons. The van der Waals surface area contributed by atoms with Gasteiger partial charge >= 0.3 is 0 Å². The van der Waals surface area contributed by atoms with E-state index in [1.807, 2.05) is 17.5 Å². The Morgan fingerprint density at radius 2 is 1.91 bits per heavy atom. The second kappa shape index (κ2) is 9.47. The molecule has 4 rings (SSSR count). The van der Waals surface area contributed by atoms with Crippen LogP contribution in [0.4, 0.5) is 11.4 Å². The van der Waals surface area contributed by atoms with Gasteiger partial charge in [0.25, 0.3) is 10.0 Å². The van der Waals surface area contributed by atoms with Crippen LogP contribution in [0.3, 0.4) is 0 Å². The number of hydrogen-bond acceptors (Lipinski definition) is 6. The van der Waals surface area contributed by atoms with E-state index < -0.39 is 10.0 Å². The molecule has 32 heavy (non-hydrogen) atoms. The van der Waals surface area contributed by atoms with Gasteiger partial charge in [0, 0.05) is 29.0 Å². The molecule has 0 unspecified atom stereocenters. The third kappa shape index (κ3) is 5.31. The maximum Gasteiger partial charge on any atom is 0.262 e. The second-order valence-electron chi connectivity index (χ2n) is 6.72. The van der Waals surface area contributed by atoms with E-state index in [1.54, 1.807) is 48.8 Å². The van der Waals surface area contributed by atoms with Gasteiger partial charge in [-0.05, 0) is 42.5 Å². The highest BCUT2D eigenvalue weighted by molar-refractivity contribution is 7.92. The first-order valence-corrected chi connectivity index (χ1v) is 12.2. The predicted octanol–water partition coefficient (Wildman–Crippen LogP) is 4.84. The molecule has 0 radical (unpaired) electrons. The molecule has 0 spiro atoms. The Kier molecular flexibility index (Phi) is 6.50. The van der Waals surface area contributed by atoms with Gasteiger partial charge in [-0.15, -0.1) is 11.3 Å². The lowest BCUT2D eigenvalue weighted by Crippen LogP contribution is -2.16. The van der Waals surface area contributed by atoms with Gasteiger partial charge in [-0.3, -0.25) is 14.5 Å². The molecule has 7 nitrogen and oxygen atoms in total. The van der Waals surface area contributed by atoms with Crippen LogP contribution in [0.1, 0.15) is 5.69 Å². The Hall–Kier alpha value is -3.27. The highest BCUT2D eigenvalue weighted by Crippen LogP contribution is 2.25. The summed E-state index contributed by atoms with van der Waals surface area (Å²) in [5.74, 6) is -0.304. The fraction of sp³-hybridized carbons (Fsp3) is 0.0455. The average molecular weight is 485 g/mol. The minimum atomic E-state index is -3.88. The monoisotopic (exact) mass is 484 g/mol. The molecule has 2 aromatic carbocycles. The van der Waals surface area contributed by atoms with E-state index in [0.29, 0.717) is 11.4 Å². The number of para-hydroxylation sites is 1. The zero-order valence-electron chi connectivity index (χ0n) is 16.5. The van der Waals surface area contributed by atoms with Crippen LogP contribution in [0.15, 0.2) is 83.3 Å². The number of sulfonamides is 1. The van der Waals surface area contributed by atoms with Crippen LogP contribution < -0.4 is 10.0 Å². The van der Waals surface area contributed by atoms with Crippen LogP contribution in [0, 0.1) is 0 Å². The number of benzene rings is 2. The molecule has 2 aromatic heterocycles. The highest BCUT2D eigenvalue weighted by Gasteiger charge is 2.17. The third-order valence-corrected chi connectivity index (χ3v) is 6.98. The summed E-state index contributed by atoms with van der Waals surface area (Å²) in [7, 11) is -3.88. The Morgan fingerprint density at radius 3 is 2.69 bits per heavy atom. The molecular formula is C22H17ClN4O3S2. The molecule has 0 saturated heterocycles. The van der Waals surface area contributed by atoms with Gasteiger partial charge < -0.3 is 5.32 Å².